The van der Waals surface area contributed by atoms with Crippen molar-refractivity contribution in [2.75, 3.05) is 6.61 Å². The van der Waals surface area contributed by atoms with Crippen LogP contribution in [0.15, 0.2) is 42.5 Å². The summed E-state index contributed by atoms with van der Waals surface area (Å²) < 4.78 is 5.89. The molecular formula is C19H20O3. The highest BCUT2D eigenvalue weighted by molar-refractivity contribution is 5.96. The van der Waals surface area contributed by atoms with E-state index in [1.165, 1.54) is 18.4 Å². The van der Waals surface area contributed by atoms with Crippen molar-refractivity contribution in [2.45, 2.75) is 32.1 Å². The molecule has 3 heteroatoms. The van der Waals surface area contributed by atoms with Crippen LogP contribution in [0, 0.1) is 6.92 Å². The predicted octanol–water partition coefficient (Wildman–Crippen LogP) is 4.01. The summed E-state index contributed by atoms with van der Waals surface area (Å²) in [5, 5.41) is 8.85. The Morgan fingerprint density at radius 2 is 1.86 bits per heavy atom. The van der Waals surface area contributed by atoms with Gasteiger partial charge in [-0.1, -0.05) is 19.1 Å². The van der Waals surface area contributed by atoms with Crippen molar-refractivity contribution in [1.29, 1.82) is 0 Å². The second-order valence-corrected chi connectivity index (χ2v) is 6.25. The second kappa shape index (κ2) is 5.58. The molecule has 3 rings (SSSR count). The fourth-order valence-corrected chi connectivity index (χ4v) is 2.54. The highest BCUT2D eigenvalue weighted by Gasteiger charge is 2.39. The van der Waals surface area contributed by atoms with Crippen LogP contribution in [0.3, 0.4) is 0 Å². The molecule has 22 heavy (non-hydrogen) atoms. The summed E-state index contributed by atoms with van der Waals surface area (Å²) >= 11 is 0. The summed E-state index contributed by atoms with van der Waals surface area (Å²) in [6, 6.07) is 13.2. The molecule has 1 fully saturated rings. The zero-order chi connectivity index (χ0) is 15.7. The maximum Gasteiger partial charge on any atom is 0.188 e. The first-order valence-electron chi connectivity index (χ1n) is 7.55. The number of benzene rings is 2. The van der Waals surface area contributed by atoms with Crippen molar-refractivity contribution in [2.24, 2.45) is 0 Å². The van der Waals surface area contributed by atoms with Gasteiger partial charge in [-0.15, -0.1) is 0 Å². The van der Waals surface area contributed by atoms with Crippen LogP contribution in [0.25, 0.3) is 0 Å². The first-order valence-corrected chi connectivity index (χ1v) is 7.55. The molecule has 114 valence electrons. The predicted molar refractivity (Wildman–Crippen MR) is 85.7 cm³/mol. The Morgan fingerprint density at radius 3 is 2.41 bits per heavy atom. The minimum Gasteiger partial charge on any atom is -0.457 e. The quantitative estimate of drug-likeness (QED) is 0.848. The van der Waals surface area contributed by atoms with Crippen molar-refractivity contribution >= 4 is 5.78 Å². The zero-order valence-corrected chi connectivity index (χ0v) is 12.9. The van der Waals surface area contributed by atoms with E-state index in [1.54, 1.807) is 24.3 Å². The van der Waals surface area contributed by atoms with Gasteiger partial charge in [0.2, 0.25) is 0 Å². The summed E-state index contributed by atoms with van der Waals surface area (Å²) in [6.45, 7) is 3.87. The molecule has 2 aromatic rings. The molecule has 1 aliphatic carbocycles. The van der Waals surface area contributed by atoms with Crippen molar-refractivity contribution in [3.8, 4) is 11.5 Å². The lowest BCUT2D eigenvalue weighted by Gasteiger charge is -2.14. The molecule has 0 aliphatic heterocycles. The van der Waals surface area contributed by atoms with Gasteiger partial charge < -0.3 is 9.84 Å². The first-order chi connectivity index (χ1) is 10.5. The van der Waals surface area contributed by atoms with E-state index >= 15 is 0 Å². The molecule has 0 saturated heterocycles. The van der Waals surface area contributed by atoms with Crippen LogP contribution in [0.2, 0.25) is 0 Å². The van der Waals surface area contributed by atoms with E-state index in [9.17, 15) is 4.79 Å². The number of hydrogen-bond donors (Lipinski definition) is 1. The number of aliphatic hydroxyl groups excluding tert-OH is 1. The number of carbonyl (C=O) groups is 1. The fraction of sp³-hybridized carbons (Fsp3) is 0.316. The molecule has 1 saturated carbocycles. The Morgan fingerprint density at radius 1 is 1.18 bits per heavy atom. The van der Waals surface area contributed by atoms with Gasteiger partial charge in [0.25, 0.3) is 0 Å². The molecule has 0 radical (unpaired) electrons. The maximum absolute atomic E-state index is 11.4. The standard InChI is InChI=1S/C19H20O3/c1-13-11-15(19(2)9-10-19)5-8-18(13)22-16-6-3-14(4-7-16)17(21)12-20/h3-8,11,20H,9-10,12H2,1-2H3. The lowest BCUT2D eigenvalue weighted by atomic mass is 9.96. The highest BCUT2D eigenvalue weighted by Crippen LogP contribution is 2.48. The van der Waals surface area contributed by atoms with E-state index in [2.05, 4.69) is 19.1 Å². The number of hydrogen-bond acceptors (Lipinski definition) is 3. The Bertz CT molecular complexity index is 697. The van der Waals surface area contributed by atoms with Crippen LogP contribution < -0.4 is 4.74 Å². The molecule has 2 aromatic carbocycles. The molecule has 3 nitrogen and oxygen atoms in total. The number of rotatable bonds is 5. The zero-order valence-electron chi connectivity index (χ0n) is 12.9. The third kappa shape index (κ3) is 2.90. The lowest BCUT2D eigenvalue weighted by Crippen LogP contribution is -2.03. The molecular weight excluding hydrogens is 276 g/mol. The molecule has 0 spiro atoms. The minimum absolute atomic E-state index is 0.287. The molecule has 0 unspecified atom stereocenters. The van der Waals surface area contributed by atoms with Gasteiger partial charge in [-0.05, 0) is 66.6 Å². The van der Waals surface area contributed by atoms with Crippen LogP contribution in [-0.2, 0) is 5.41 Å². The van der Waals surface area contributed by atoms with Gasteiger partial charge in [-0.25, -0.2) is 0 Å². The smallest absolute Gasteiger partial charge is 0.188 e. The SMILES string of the molecule is Cc1cc(C2(C)CC2)ccc1Oc1ccc(C(=O)CO)cc1. The number of aryl methyl sites for hydroxylation is 1. The van der Waals surface area contributed by atoms with E-state index in [1.807, 2.05) is 13.0 Å². The Labute approximate surface area is 130 Å². The van der Waals surface area contributed by atoms with E-state index in [0.717, 1.165) is 11.3 Å². The first kappa shape index (κ1) is 14.8. The summed E-state index contributed by atoms with van der Waals surface area (Å²) in [4.78, 5) is 11.4. The summed E-state index contributed by atoms with van der Waals surface area (Å²) in [6.07, 6.45) is 2.51. The van der Waals surface area contributed by atoms with Gasteiger partial charge in [-0.3, -0.25) is 4.79 Å². The van der Waals surface area contributed by atoms with E-state index in [0.29, 0.717) is 16.7 Å². The summed E-state index contributed by atoms with van der Waals surface area (Å²) in [7, 11) is 0. The van der Waals surface area contributed by atoms with Crippen LogP contribution in [0.1, 0.15) is 41.3 Å². The molecule has 0 amide bonds. The molecule has 0 heterocycles. The van der Waals surface area contributed by atoms with Crippen LogP contribution in [0.5, 0.6) is 11.5 Å². The Kier molecular flexibility index (Phi) is 3.75. The van der Waals surface area contributed by atoms with Gasteiger partial charge >= 0.3 is 0 Å². The van der Waals surface area contributed by atoms with Gasteiger partial charge in [0.05, 0.1) is 0 Å². The van der Waals surface area contributed by atoms with Gasteiger partial charge in [0, 0.05) is 5.56 Å². The molecule has 1 N–H and O–H groups in total. The van der Waals surface area contributed by atoms with Crippen molar-refractivity contribution in [3.63, 3.8) is 0 Å². The normalized spacial score (nSPS) is 15.4. The molecule has 1 aliphatic rings. The van der Waals surface area contributed by atoms with E-state index in [4.69, 9.17) is 9.84 Å². The highest BCUT2D eigenvalue weighted by atomic mass is 16.5. The fourth-order valence-electron chi connectivity index (χ4n) is 2.54. The molecule has 0 bridgehead atoms. The summed E-state index contributed by atoms with van der Waals surface area (Å²) in [5.74, 6) is 1.22. The number of aliphatic hydroxyl groups is 1. The Balaban J connectivity index is 1.77. The van der Waals surface area contributed by atoms with Gasteiger partial charge in [-0.2, -0.15) is 0 Å². The van der Waals surface area contributed by atoms with Crippen molar-refractivity contribution < 1.29 is 14.6 Å². The van der Waals surface area contributed by atoms with Gasteiger partial charge in [0.15, 0.2) is 5.78 Å². The largest absolute Gasteiger partial charge is 0.457 e. The number of ether oxygens (including phenoxy) is 1. The van der Waals surface area contributed by atoms with Crippen molar-refractivity contribution in [1.82, 2.24) is 0 Å². The molecule has 0 aromatic heterocycles. The summed E-state index contributed by atoms with van der Waals surface area (Å²) in [5.41, 5.74) is 3.33. The topological polar surface area (TPSA) is 46.5 Å². The Hall–Kier alpha value is -2.13. The van der Waals surface area contributed by atoms with Crippen molar-refractivity contribution in [3.05, 3.63) is 59.2 Å². The van der Waals surface area contributed by atoms with Crippen LogP contribution in [-0.4, -0.2) is 17.5 Å². The van der Waals surface area contributed by atoms with Gasteiger partial charge in [0.1, 0.15) is 18.1 Å². The van der Waals surface area contributed by atoms with Crippen LogP contribution in [0.4, 0.5) is 0 Å². The van der Waals surface area contributed by atoms with Crippen LogP contribution >= 0.6 is 0 Å². The molecule has 0 atom stereocenters. The average molecular weight is 296 g/mol. The third-order valence-electron chi connectivity index (χ3n) is 4.42. The third-order valence-corrected chi connectivity index (χ3v) is 4.42. The van der Waals surface area contributed by atoms with E-state index < -0.39 is 6.61 Å². The maximum atomic E-state index is 11.4. The minimum atomic E-state index is -0.473. The average Bonchev–Trinajstić information content (AvgIpc) is 3.28. The number of ketones is 1. The lowest BCUT2D eigenvalue weighted by molar-refractivity contribution is 0.0903. The van der Waals surface area contributed by atoms with E-state index in [-0.39, 0.29) is 5.78 Å². The monoisotopic (exact) mass is 296 g/mol. The number of Topliss-reactive ketones (excluding diaryl/α,β-unsaturated/α-hetero) is 1. The number of carbonyl (C=O) groups excluding carboxylic acids is 1. The second-order valence-electron chi connectivity index (χ2n) is 6.25.